The van der Waals surface area contributed by atoms with Crippen molar-refractivity contribution >= 4 is 11.5 Å². The minimum Gasteiger partial charge on any atom is -0.508 e. The highest BCUT2D eigenvalue weighted by molar-refractivity contribution is 5.94. The predicted octanol–water partition coefficient (Wildman–Crippen LogP) is 4.56. The van der Waals surface area contributed by atoms with Crippen molar-refractivity contribution in [3.63, 3.8) is 0 Å². The van der Waals surface area contributed by atoms with Gasteiger partial charge in [0.25, 0.3) is 0 Å². The monoisotopic (exact) mass is 353 g/mol. The summed E-state index contributed by atoms with van der Waals surface area (Å²) in [5.41, 5.74) is 9.33. The minimum absolute atomic E-state index is 0.340. The van der Waals surface area contributed by atoms with Crippen LogP contribution in [0.1, 0.15) is 48.2 Å². The number of benzene rings is 2. The Morgan fingerprint density at radius 2 is 1.92 bits per heavy atom. The van der Waals surface area contributed by atoms with Crippen LogP contribution in [0.3, 0.4) is 0 Å². The van der Waals surface area contributed by atoms with Crippen molar-refractivity contribution in [3.8, 4) is 11.5 Å². The molecular formula is C22H27NO3. The van der Waals surface area contributed by atoms with Crippen LogP contribution in [0.15, 0.2) is 48.5 Å². The fraction of sp³-hybridized carbons (Fsp3) is 0.318. The van der Waals surface area contributed by atoms with Gasteiger partial charge in [0, 0.05) is 11.1 Å². The van der Waals surface area contributed by atoms with Crippen molar-refractivity contribution in [3.05, 3.63) is 65.2 Å². The summed E-state index contributed by atoms with van der Waals surface area (Å²) < 4.78 is 5.33. The zero-order chi connectivity index (χ0) is 19.1. The average molecular weight is 353 g/mol. The fourth-order valence-electron chi connectivity index (χ4n) is 2.95. The second-order valence-electron chi connectivity index (χ2n) is 6.57. The minimum atomic E-state index is -0.402. The molecule has 0 fully saturated rings. The highest BCUT2D eigenvalue weighted by atomic mass is 16.5. The van der Waals surface area contributed by atoms with E-state index in [4.69, 9.17) is 15.6 Å². The Kier molecular flexibility index (Phi) is 6.84. The number of phenolic OH excluding ortho intramolecular Hbond substituents is 1. The highest BCUT2D eigenvalue weighted by Crippen LogP contribution is 2.36. The van der Waals surface area contributed by atoms with Gasteiger partial charge in [0.15, 0.2) is 0 Å². The molecule has 138 valence electrons. The second kappa shape index (κ2) is 9.09. The lowest BCUT2D eigenvalue weighted by Crippen LogP contribution is -2.11. The summed E-state index contributed by atoms with van der Waals surface area (Å²) in [5.74, 6) is 1.40. The van der Waals surface area contributed by atoms with Crippen molar-refractivity contribution in [2.24, 2.45) is 11.7 Å². The number of nitrogens with two attached hydrogens (primary N) is 1. The number of amides is 1. The molecule has 1 unspecified atom stereocenters. The first-order valence-corrected chi connectivity index (χ1v) is 8.89. The third-order valence-corrected chi connectivity index (χ3v) is 4.51. The van der Waals surface area contributed by atoms with E-state index in [0.717, 1.165) is 30.6 Å². The molecule has 0 heterocycles. The van der Waals surface area contributed by atoms with Crippen LogP contribution in [0.4, 0.5) is 0 Å². The van der Waals surface area contributed by atoms with Gasteiger partial charge in [-0.25, -0.2) is 0 Å². The van der Waals surface area contributed by atoms with E-state index in [0.29, 0.717) is 17.2 Å². The van der Waals surface area contributed by atoms with Gasteiger partial charge >= 0.3 is 0 Å². The lowest BCUT2D eigenvalue weighted by atomic mass is 9.99. The van der Waals surface area contributed by atoms with Gasteiger partial charge < -0.3 is 15.6 Å². The van der Waals surface area contributed by atoms with Crippen LogP contribution in [0.25, 0.3) is 5.57 Å². The molecular weight excluding hydrogens is 326 g/mol. The SMILES string of the molecule is CCc1ccc(O)cc1.COc1ccc(C(N)=O)cc1C1=CCC(C)C1. The van der Waals surface area contributed by atoms with Crippen LogP contribution in [-0.4, -0.2) is 18.1 Å². The second-order valence-corrected chi connectivity index (χ2v) is 6.57. The number of phenols is 1. The third-order valence-electron chi connectivity index (χ3n) is 4.51. The molecule has 2 aromatic carbocycles. The molecule has 0 radical (unpaired) electrons. The lowest BCUT2D eigenvalue weighted by Gasteiger charge is -2.11. The van der Waals surface area contributed by atoms with Gasteiger partial charge in [0.2, 0.25) is 5.91 Å². The number of hydrogen-bond acceptors (Lipinski definition) is 3. The Hall–Kier alpha value is -2.75. The molecule has 1 aliphatic rings. The Bertz CT molecular complexity index is 778. The molecule has 3 N–H and O–H groups in total. The molecule has 0 saturated carbocycles. The molecule has 0 spiro atoms. The number of carbonyl (C=O) groups is 1. The van der Waals surface area contributed by atoms with E-state index < -0.39 is 5.91 Å². The molecule has 3 rings (SSSR count). The molecule has 1 amide bonds. The molecule has 1 aliphatic carbocycles. The van der Waals surface area contributed by atoms with Crippen molar-refractivity contribution in [1.29, 1.82) is 0 Å². The van der Waals surface area contributed by atoms with Crippen molar-refractivity contribution in [2.45, 2.75) is 33.1 Å². The molecule has 4 nitrogen and oxygen atoms in total. The van der Waals surface area contributed by atoms with Gasteiger partial charge in [-0.15, -0.1) is 0 Å². The Morgan fingerprint density at radius 1 is 1.23 bits per heavy atom. The van der Waals surface area contributed by atoms with Crippen LogP contribution < -0.4 is 10.5 Å². The number of aryl methyl sites for hydroxylation is 1. The van der Waals surface area contributed by atoms with Gasteiger partial charge in [-0.05, 0) is 66.6 Å². The summed E-state index contributed by atoms with van der Waals surface area (Å²) in [5, 5.41) is 8.85. The van der Waals surface area contributed by atoms with E-state index in [2.05, 4.69) is 19.9 Å². The smallest absolute Gasteiger partial charge is 0.248 e. The van der Waals surface area contributed by atoms with Crippen molar-refractivity contribution < 1.29 is 14.6 Å². The largest absolute Gasteiger partial charge is 0.508 e. The fourth-order valence-corrected chi connectivity index (χ4v) is 2.95. The first-order valence-electron chi connectivity index (χ1n) is 8.89. The van der Waals surface area contributed by atoms with E-state index in [1.807, 2.05) is 18.2 Å². The Morgan fingerprint density at radius 3 is 2.42 bits per heavy atom. The zero-order valence-corrected chi connectivity index (χ0v) is 15.7. The molecule has 0 saturated heterocycles. The number of carbonyl (C=O) groups excluding carboxylic acids is 1. The van der Waals surface area contributed by atoms with Gasteiger partial charge in [-0.2, -0.15) is 0 Å². The third kappa shape index (κ3) is 5.12. The van der Waals surface area contributed by atoms with E-state index in [1.165, 1.54) is 11.1 Å². The summed E-state index contributed by atoms with van der Waals surface area (Å²) in [7, 11) is 1.64. The van der Waals surface area contributed by atoms with Crippen LogP contribution in [0.2, 0.25) is 0 Å². The summed E-state index contributed by atoms with van der Waals surface area (Å²) in [6.07, 6.45) is 5.35. The molecule has 0 aliphatic heterocycles. The first-order chi connectivity index (χ1) is 12.4. The van der Waals surface area contributed by atoms with Gasteiger partial charge in [0.05, 0.1) is 7.11 Å². The maximum Gasteiger partial charge on any atom is 0.248 e. The highest BCUT2D eigenvalue weighted by Gasteiger charge is 2.18. The van der Waals surface area contributed by atoms with Crippen LogP contribution >= 0.6 is 0 Å². The number of ether oxygens (including phenoxy) is 1. The van der Waals surface area contributed by atoms with E-state index in [1.54, 1.807) is 31.4 Å². The van der Waals surface area contributed by atoms with E-state index in [-0.39, 0.29) is 0 Å². The number of rotatable bonds is 4. The summed E-state index contributed by atoms with van der Waals surface area (Å²) >= 11 is 0. The standard InChI is InChI=1S/C14H17NO2.C8H10O/c1-9-3-4-10(7-9)12-8-11(14(15)16)5-6-13(12)17-2;1-2-7-3-5-8(9)6-4-7/h4-6,8-9H,3,7H2,1-2H3,(H2,15,16);3-6,9H,2H2,1H3. The molecule has 0 aromatic heterocycles. The summed E-state index contributed by atoms with van der Waals surface area (Å²) in [4.78, 5) is 11.2. The number of allylic oxidation sites excluding steroid dienone is 2. The summed E-state index contributed by atoms with van der Waals surface area (Å²) in [6, 6.07) is 12.6. The number of primary amides is 1. The maximum atomic E-state index is 11.2. The Balaban J connectivity index is 0.000000228. The maximum absolute atomic E-state index is 11.2. The normalized spacial score (nSPS) is 15.7. The molecule has 2 aromatic rings. The van der Waals surface area contributed by atoms with Crippen molar-refractivity contribution in [2.75, 3.05) is 7.11 Å². The lowest BCUT2D eigenvalue weighted by molar-refractivity contribution is 0.1000. The first kappa shape index (κ1) is 19.6. The van der Waals surface area contributed by atoms with Gasteiger partial charge in [0.1, 0.15) is 11.5 Å². The number of methoxy groups -OCH3 is 1. The van der Waals surface area contributed by atoms with Crippen LogP contribution in [0.5, 0.6) is 11.5 Å². The molecule has 1 atom stereocenters. The average Bonchev–Trinajstić information content (AvgIpc) is 3.08. The molecule has 26 heavy (non-hydrogen) atoms. The quantitative estimate of drug-likeness (QED) is 0.846. The van der Waals surface area contributed by atoms with Gasteiger partial charge in [-0.3, -0.25) is 4.79 Å². The topological polar surface area (TPSA) is 72.6 Å². The van der Waals surface area contributed by atoms with E-state index >= 15 is 0 Å². The van der Waals surface area contributed by atoms with Crippen LogP contribution in [0, 0.1) is 5.92 Å². The Labute approximate surface area is 155 Å². The zero-order valence-electron chi connectivity index (χ0n) is 15.7. The predicted molar refractivity (Wildman–Crippen MR) is 105 cm³/mol. The van der Waals surface area contributed by atoms with Gasteiger partial charge in [-0.1, -0.05) is 32.1 Å². The van der Waals surface area contributed by atoms with E-state index in [9.17, 15) is 4.79 Å². The van der Waals surface area contributed by atoms with Crippen molar-refractivity contribution in [1.82, 2.24) is 0 Å². The summed E-state index contributed by atoms with van der Waals surface area (Å²) in [6.45, 7) is 4.31. The van der Waals surface area contributed by atoms with Crippen LogP contribution in [-0.2, 0) is 6.42 Å². The number of aromatic hydroxyl groups is 1. The molecule has 0 bridgehead atoms. The number of hydrogen-bond donors (Lipinski definition) is 2. The molecule has 4 heteroatoms.